The zero-order valence-corrected chi connectivity index (χ0v) is 12.1. The molecule has 0 atom stereocenters. The summed E-state index contributed by atoms with van der Waals surface area (Å²) >= 11 is 0. The van der Waals surface area contributed by atoms with E-state index >= 15 is 0 Å². The summed E-state index contributed by atoms with van der Waals surface area (Å²) in [5.41, 5.74) is 0. The summed E-state index contributed by atoms with van der Waals surface area (Å²) in [4.78, 5) is 8.00. The topological polar surface area (TPSA) is 57.5 Å². The summed E-state index contributed by atoms with van der Waals surface area (Å²) in [6.45, 7) is 6.12. The number of rotatable bonds is 4. The molecule has 0 amide bonds. The van der Waals surface area contributed by atoms with Gasteiger partial charge in [-0.25, -0.2) is 0 Å². The van der Waals surface area contributed by atoms with Gasteiger partial charge in [-0.15, -0.1) is 0 Å². The molecule has 0 unspecified atom stereocenters. The van der Waals surface area contributed by atoms with Crippen LogP contribution in [0.5, 0.6) is 0 Å². The third-order valence-electron chi connectivity index (χ3n) is 1.09. The minimum absolute atomic E-state index is 0. The van der Waals surface area contributed by atoms with Crippen molar-refractivity contribution in [3.05, 3.63) is 48.6 Å². The van der Waals surface area contributed by atoms with Gasteiger partial charge in [-0.3, -0.25) is 0 Å². The standard InChI is InChI=1S/2C6H10O.CH2O.Ru/c2*1-2-3-4-5-6-7;1-2;/h2*2-5,7H,6H2,1H3;1H2;. The van der Waals surface area contributed by atoms with Gasteiger partial charge in [0.1, 0.15) is 6.79 Å². The zero-order valence-electron chi connectivity index (χ0n) is 10.4. The maximum Gasteiger partial charge on any atom is 0.106 e. The van der Waals surface area contributed by atoms with E-state index < -0.39 is 0 Å². The molecule has 0 bridgehead atoms. The quantitative estimate of drug-likeness (QED) is 0.614. The Labute approximate surface area is 117 Å². The van der Waals surface area contributed by atoms with Crippen molar-refractivity contribution in [2.75, 3.05) is 13.2 Å². The molecule has 0 aliphatic carbocycles. The van der Waals surface area contributed by atoms with E-state index in [0.717, 1.165) is 0 Å². The molecule has 0 heterocycles. The summed E-state index contributed by atoms with van der Waals surface area (Å²) in [7, 11) is 0. The molecule has 17 heavy (non-hydrogen) atoms. The molecule has 0 aromatic carbocycles. The van der Waals surface area contributed by atoms with E-state index in [0.29, 0.717) is 0 Å². The number of aliphatic hydroxyl groups excluding tert-OH is 2. The first-order valence-electron chi connectivity index (χ1n) is 4.89. The van der Waals surface area contributed by atoms with E-state index in [1.807, 2.05) is 44.9 Å². The van der Waals surface area contributed by atoms with E-state index in [-0.39, 0.29) is 32.7 Å². The Kier molecular flexibility index (Phi) is 53.5. The van der Waals surface area contributed by atoms with Crippen LogP contribution in [0.25, 0.3) is 0 Å². The monoisotopic (exact) mass is 328 g/mol. The van der Waals surface area contributed by atoms with Crippen LogP contribution in [0.1, 0.15) is 13.8 Å². The van der Waals surface area contributed by atoms with Crippen LogP contribution in [0.3, 0.4) is 0 Å². The van der Waals surface area contributed by atoms with Gasteiger partial charge in [0.15, 0.2) is 0 Å². The Morgan fingerprint density at radius 3 is 1.29 bits per heavy atom. The molecule has 100 valence electrons. The van der Waals surface area contributed by atoms with E-state index in [4.69, 9.17) is 15.0 Å². The van der Waals surface area contributed by atoms with Crippen LogP contribution in [0.4, 0.5) is 0 Å². The fourth-order valence-electron chi connectivity index (χ4n) is 0.501. The van der Waals surface area contributed by atoms with E-state index in [1.54, 1.807) is 24.3 Å². The molecular weight excluding hydrogens is 305 g/mol. The van der Waals surface area contributed by atoms with Gasteiger partial charge in [0, 0.05) is 19.5 Å². The average Bonchev–Trinajstić information content (AvgIpc) is 2.34. The molecule has 0 radical (unpaired) electrons. The number of carbonyl (C=O) groups excluding carboxylic acids is 1. The van der Waals surface area contributed by atoms with Gasteiger partial charge in [0.05, 0.1) is 13.2 Å². The predicted molar refractivity (Wildman–Crippen MR) is 69.2 cm³/mol. The van der Waals surface area contributed by atoms with Crippen molar-refractivity contribution >= 4 is 6.79 Å². The predicted octanol–water partition coefficient (Wildman–Crippen LogP) is 2.03. The molecule has 0 aromatic heterocycles. The van der Waals surface area contributed by atoms with E-state index in [1.165, 1.54) is 0 Å². The number of hydrogen-bond donors (Lipinski definition) is 2. The van der Waals surface area contributed by atoms with Crippen molar-refractivity contribution in [3.63, 3.8) is 0 Å². The Hall–Kier alpha value is -0.827. The van der Waals surface area contributed by atoms with Gasteiger partial charge in [-0.1, -0.05) is 48.6 Å². The first kappa shape index (κ1) is 25.1. The van der Waals surface area contributed by atoms with Crippen LogP contribution in [-0.2, 0) is 24.3 Å². The third-order valence-corrected chi connectivity index (χ3v) is 1.09. The van der Waals surface area contributed by atoms with Crippen molar-refractivity contribution in [1.29, 1.82) is 0 Å². The SMILES string of the molecule is C=O.CC=CC=CCO.CC=CC=CCO.[Ru]. The molecule has 2 N–H and O–H groups in total. The molecule has 0 aliphatic rings. The third kappa shape index (κ3) is 51.2. The summed E-state index contributed by atoms with van der Waals surface area (Å²) in [6.07, 6.45) is 14.5. The van der Waals surface area contributed by atoms with E-state index in [9.17, 15) is 0 Å². The van der Waals surface area contributed by atoms with Crippen molar-refractivity contribution in [1.82, 2.24) is 0 Å². The largest absolute Gasteiger partial charge is 0.392 e. The van der Waals surface area contributed by atoms with Crippen molar-refractivity contribution in [2.24, 2.45) is 0 Å². The van der Waals surface area contributed by atoms with Gasteiger partial charge in [-0.05, 0) is 13.8 Å². The molecule has 0 saturated heterocycles. The minimum atomic E-state index is 0. The molecule has 0 fully saturated rings. The zero-order chi connectivity index (χ0) is 13.1. The van der Waals surface area contributed by atoms with Gasteiger partial charge in [0.25, 0.3) is 0 Å². The normalized spacial score (nSPS) is 9.88. The Morgan fingerprint density at radius 1 is 0.824 bits per heavy atom. The summed E-state index contributed by atoms with van der Waals surface area (Å²) < 4.78 is 0. The van der Waals surface area contributed by atoms with Crippen LogP contribution in [0.2, 0.25) is 0 Å². The maximum absolute atomic E-state index is 8.17. The van der Waals surface area contributed by atoms with Crippen LogP contribution >= 0.6 is 0 Å². The molecule has 0 aromatic rings. The van der Waals surface area contributed by atoms with Gasteiger partial charge in [-0.2, -0.15) is 0 Å². The molecule has 4 heteroatoms. The van der Waals surface area contributed by atoms with Crippen molar-refractivity contribution in [2.45, 2.75) is 13.8 Å². The first-order valence-corrected chi connectivity index (χ1v) is 4.89. The molecule has 0 saturated carbocycles. The van der Waals surface area contributed by atoms with Crippen LogP contribution in [-0.4, -0.2) is 30.2 Å². The van der Waals surface area contributed by atoms with Gasteiger partial charge < -0.3 is 15.0 Å². The molecule has 0 rings (SSSR count). The molecule has 0 aliphatic heterocycles. The second kappa shape index (κ2) is 36.2. The number of aliphatic hydroxyl groups is 2. The average molecular weight is 327 g/mol. The smallest absolute Gasteiger partial charge is 0.106 e. The van der Waals surface area contributed by atoms with E-state index in [2.05, 4.69) is 0 Å². The number of hydrogen-bond acceptors (Lipinski definition) is 3. The van der Waals surface area contributed by atoms with Crippen molar-refractivity contribution in [3.8, 4) is 0 Å². The number of carbonyl (C=O) groups is 1. The summed E-state index contributed by atoms with van der Waals surface area (Å²) in [5.74, 6) is 0. The van der Waals surface area contributed by atoms with Gasteiger partial charge >= 0.3 is 0 Å². The fraction of sp³-hybridized carbons (Fsp3) is 0.308. The molecular formula is C13H22O3Ru. The Bertz CT molecular complexity index is 187. The number of allylic oxidation sites excluding steroid dienone is 6. The molecule has 3 nitrogen and oxygen atoms in total. The second-order valence-electron chi connectivity index (χ2n) is 2.27. The summed E-state index contributed by atoms with van der Waals surface area (Å²) in [5, 5.41) is 16.3. The van der Waals surface area contributed by atoms with Gasteiger partial charge in [0.2, 0.25) is 0 Å². The Morgan fingerprint density at radius 2 is 1.12 bits per heavy atom. The first-order chi connectivity index (χ1) is 7.83. The fourth-order valence-corrected chi connectivity index (χ4v) is 0.501. The summed E-state index contributed by atoms with van der Waals surface area (Å²) in [6, 6.07) is 0. The van der Waals surface area contributed by atoms with Crippen LogP contribution in [0.15, 0.2) is 48.6 Å². The minimum Gasteiger partial charge on any atom is -0.392 e. The maximum atomic E-state index is 8.17. The van der Waals surface area contributed by atoms with Crippen LogP contribution < -0.4 is 0 Å². The van der Waals surface area contributed by atoms with Crippen molar-refractivity contribution < 1.29 is 34.5 Å². The van der Waals surface area contributed by atoms with Crippen LogP contribution in [0, 0.1) is 0 Å². The Balaban J connectivity index is -0.0000000823. The second-order valence-corrected chi connectivity index (χ2v) is 2.27. The molecule has 0 spiro atoms.